The van der Waals surface area contributed by atoms with Crippen molar-refractivity contribution in [3.8, 4) is 16.9 Å². The van der Waals surface area contributed by atoms with Crippen LogP contribution in [0.25, 0.3) is 22.0 Å². The highest BCUT2D eigenvalue weighted by Gasteiger charge is 2.29. The Hall–Kier alpha value is -2.89. The molecular formula is C18H16FN3O2. The molecule has 1 aliphatic rings. The quantitative estimate of drug-likeness (QED) is 0.752. The molecule has 0 bridgehead atoms. The van der Waals surface area contributed by atoms with Gasteiger partial charge in [0.2, 0.25) is 0 Å². The van der Waals surface area contributed by atoms with Gasteiger partial charge in [0.1, 0.15) is 17.4 Å². The molecule has 0 radical (unpaired) electrons. The van der Waals surface area contributed by atoms with E-state index in [9.17, 15) is 9.18 Å². The number of nitrogen functional groups attached to an aromatic ring is 1. The number of methoxy groups -OCH3 is 1. The Morgan fingerprint density at radius 1 is 1.25 bits per heavy atom. The normalized spacial score (nSPS) is 14.1. The molecule has 4 rings (SSSR count). The number of hydrogen-bond acceptors (Lipinski definition) is 4. The van der Waals surface area contributed by atoms with Crippen molar-refractivity contribution in [2.75, 3.05) is 13.0 Å². The Morgan fingerprint density at radius 2 is 2.04 bits per heavy atom. The highest BCUT2D eigenvalue weighted by atomic mass is 19.1. The lowest BCUT2D eigenvalue weighted by Gasteiger charge is -2.10. The van der Waals surface area contributed by atoms with Gasteiger partial charge in [-0.3, -0.25) is 4.79 Å². The zero-order chi connectivity index (χ0) is 16.8. The lowest BCUT2D eigenvalue weighted by Crippen LogP contribution is -2.31. The fourth-order valence-corrected chi connectivity index (χ4v) is 2.87. The van der Waals surface area contributed by atoms with Gasteiger partial charge in [0.05, 0.1) is 18.0 Å². The zero-order valence-electron chi connectivity index (χ0n) is 13.1. The van der Waals surface area contributed by atoms with E-state index in [1.807, 2.05) is 0 Å². The first-order valence-electron chi connectivity index (χ1n) is 7.74. The predicted octanol–water partition coefficient (Wildman–Crippen LogP) is 2.80. The molecule has 1 fully saturated rings. The minimum Gasteiger partial charge on any atom is -0.497 e. The number of benzene rings is 2. The lowest BCUT2D eigenvalue weighted by molar-refractivity contribution is 0.414. The Labute approximate surface area is 137 Å². The van der Waals surface area contributed by atoms with Crippen LogP contribution in [0.1, 0.15) is 24.6 Å². The maximum absolute atomic E-state index is 14.2. The summed E-state index contributed by atoms with van der Waals surface area (Å²) in [6.07, 6.45) is 2.00. The van der Waals surface area contributed by atoms with Crippen LogP contribution < -0.4 is 16.1 Å². The summed E-state index contributed by atoms with van der Waals surface area (Å²) in [6.45, 7) is 0. The molecule has 0 unspecified atom stereocenters. The first-order valence-corrected chi connectivity index (χ1v) is 7.74. The summed E-state index contributed by atoms with van der Waals surface area (Å²) in [6, 6.07) is 9.61. The second-order valence-electron chi connectivity index (χ2n) is 6.00. The van der Waals surface area contributed by atoms with Gasteiger partial charge in [-0.05, 0) is 48.7 Å². The van der Waals surface area contributed by atoms with Crippen molar-refractivity contribution in [3.63, 3.8) is 0 Å². The molecule has 6 heteroatoms. The summed E-state index contributed by atoms with van der Waals surface area (Å²) >= 11 is 0. The third-order valence-corrected chi connectivity index (χ3v) is 4.35. The van der Waals surface area contributed by atoms with E-state index >= 15 is 0 Å². The maximum Gasteiger partial charge on any atom is 0.279 e. The minimum atomic E-state index is -0.384. The van der Waals surface area contributed by atoms with Crippen molar-refractivity contribution in [3.05, 3.63) is 58.4 Å². The van der Waals surface area contributed by atoms with E-state index in [0.29, 0.717) is 33.6 Å². The van der Waals surface area contributed by atoms with Gasteiger partial charge in [0, 0.05) is 11.5 Å². The third-order valence-electron chi connectivity index (χ3n) is 4.35. The average molecular weight is 325 g/mol. The number of halogens is 1. The number of nitrogens with two attached hydrogens (primary N) is 1. The SMILES string of the molecule is COc1ccc(F)c(-c2ccc3nc(C4CC4)n(N)c(=O)c3c2)c1. The van der Waals surface area contributed by atoms with Crippen molar-refractivity contribution < 1.29 is 9.13 Å². The van der Waals surface area contributed by atoms with Gasteiger partial charge >= 0.3 is 0 Å². The first kappa shape index (κ1) is 14.7. The van der Waals surface area contributed by atoms with Crippen LogP contribution in [-0.2, 0) is 0 Å². The second kappa shape index (κ2) is 5.33. The monoisotopic (exact) mass is 325 g/mol. The van der Waals surface area contributed by atoms with Gasteiger partial charge in [-0.1, -0.05) is 6.07 Å². The van der Waals surface area contributed by atoms with Crippen molar-refractivity contribution >= 4 is 10.9 Å². The first-order chi connectivity index (χ1) is 11.6. The summed E-state index contributed by atoms with van der Waals surface area (Å²) in [5.41, 5.74) is 1.21. The van der Waals surface area contributed by atoms with Gasteiger partial charge in [0.15, 0.2) is 0 Å². The van der Waals surface area contributed by atoms with Gasteiger partial charge in [-0.25, -0.2) is 14.1 Å². The fourth-order valence-electron chi connectivity index (χ4n) is 2.87. The molecule has 0 atom stereocenters. The predicted molar refractivity (Wildman–Crippen MR) is 90.1 cm³/mol. The van der Waals surface area contributed by atoms with Gasteiger partial charge < -0.3 is 10.6 Å². The number of hydrogen-bond donors (Lipinski definition) is 1. The standard InChI is InChI=1S/C18H16FN3O2/c1-24-12-5-6-15(19)13(9-12)11-4-7-16-14(8-11)18(23)22(20)17(21-16)10-2-3-10/h4-10H,2-3,20H2,1H3. The molecule has 2 aromatic carbocycles. The zero-order valence-corrected chi connectivity index (χ0v) is 13.1. The Bertz CT molecular complexity index is 1010. The molecule has 122 valence electrons. The average Bonchev–Trinajstić information content (AvgIpc) is 3.43. The summed E-state index contributed by atoms with van der Waals surface area (Å²) in [7, 11) is 1.52. The number of rotatable bonds is 3. The van der Waals surface area contributed by atoms with E-state index in [1.54, 1.807) is 30.3 Å². The minimum absolute atomic E-state index is 0.266. The summed E-state index contributed by atoms with van der Waals surface area (Å²) in [4.78, 5) is 17.1. The van der Waals surface area contributed by atoms with Crippen molar-refractivity contribution in [1.82, 2.24) is 9.66 Å². The molecule has 24 heavy (non-hydrogen) atoms. The van der Waals surface area contributed by atoms with Gasteiger partial charge in [-0.15, -0.1) is 0 Å². The smallest absolute Gasteiger partial charge is 0.279 e. The van der Waals surface area contributed by atoms with Crippen LogP contribution in [0.4, 0.5) is 4.39 Å². The van der Waals surface area contributed by atoms with Crippen LogP contribution in [-0.4, -0.2) is 16.8 Å². The Balaban J connectivity index is 1.91. The summed E-state index contributed by atoms with van der Waals surface area (Å²) in [5.74, 6) is 6.95. The number of ether oxygens (including phenoxy) is 1. The molecule has 5 nitrogen and oxygen atoms in total. The van der Waals surface area contributed by atoms with E-state index in [-0.39, 0.29) is 17.3 Å². The molecule has 0 aliphatic heterocycles. The molecule has 0 saturated heterocycles. The van der Waals surface area contributed by atoms with Crippen LogP contribution in [0.5, 0.6) is 5.75 Å². The van der Waals surface area contributed by atoms with E-state index in [4.69, 9.17) is 10.6 Å². The maximum atomic E-state index is 14.2. The molecular weight excluding hydrogens is 309 g/mol. The molecule has 1 aliphatic carbocycles. The number of nitrogens with zero attached hydrogens (tertiary/aromatic N) is 2. The largest absolute Gasteiger partial charge is 0.497 e. The molecule has 1 saturated carbocycles. The molecule has 1 heterocycles. The number of aromatic nitrogens is 2. The topological polar surface area (TPSA) is 70.1 Å². The van der Waals surface area contributed by atoms with Crippen molar-refractivity contribution in [2.24, 2.45) is 0 Å². The Kier molecular flexibility index (Phi) is 3.26. The van der Waals surface area contributed by atoms with Gasteiger partial charge in [0.25, 0.3) is 5.56 Å². The molecule has 0 spiro atoms. The van der Waals surface area contributed by atoms with Gasteiger partial charge in [-0.2, -0.15) is 0 Å². The van der Waals surface area contributed by atoms with Crippen LogP contribution in [0, 0.1) is 5.82 Å². The lowest BCUT2D eigenvalue weighted by atomic mass is 10.0. The fraction of sp³-hybridized carbons (Fsp3) is 0.222. The van der Waals surface area contributed by atoms with Crippen LogP contribution in [0.15, 0.2) is 41.2 Å². The second-order valence-corrected chi connectivity index (χ2v) is 6.00. The summed E-state index contributed by atoms with van der Waals surface area (Å²) in [5, 5.41) is 0.376. The van der Waals surface area contributed by atoms with E-state index in [2.05, 4.69) is 4.98 Å². The highest BCUT2D eigenvalue weighted by Crippen LogP contribution is 2.38. The van der Waals surface area contributed by atoms with Crippen LogP contribution in [0.2, 0.25) is 0 Å². The molecule has 2 N–H and O–H groups in total. The van der Waals surface area contributed by atoms with Crippen molar-refractivity contribution in [2.45, 2.75) is 18.8 Å². The van der Waals surface area contributed by atoms with Crippen molar-refractivity contribution in [1.29, 1.82) is 0 Å². The van der Waals surface area contributed by atoms with E-state index in [0.717, 1.165) is 17.5 Å². The van der Waals surface area contributed by atoms with Crippen LogP contribution in [0.3, 0.4) is 0 Å². The van der Waals surface area contributed by atoms with Crippen LogP contribution >= 0.6 is 0 Å². The Morgan fingerprint density at radius 3 is 2.75 bits per heavy atom. The number of fused-ring (bicyclic) bond motifs is 1. The highest BCUT2D eigenvalue weighted by molar-refractivity contribution is 5.84. The molecule has 0 amide bonds. The van der Waals surface area contributed by atoms with E-state index in [1.165, 1.54) is 13.2 Å². The molecule has 1 aromatic heterocycles. The molecule has 3 aromatic rings. The third kappa shape index (κ3) is 2.31. The summed E-state index contributed by atoms with van der Waals surface area (Å²) < 4.78 is 20.4. The van der Waals surface area contributed by atoms with E-state index < -0.39 is 0 Å².